The summed E-state index contributed by atoms with van der Waals surface area (Å²) in [6, 6.07) is 17.5. The highest BCUT2D eigenvalue weighted by Gasteiger charge is 2.15. The first kappa shape index (κ1) is 22.2. The molecule has 0 aliphatic rings. The Labute approximate surface area is 191 Å². The highest BCUT2D eigenvalue weighted by Crippen LogP contribution is 2.23. The number of ketones is 1. The zero-order chi connectivity index (χ0) is 23.6. The number of ether oxygens (including phenoxy) is 1. The topological polar surface area (TPSA) is 116 Å². The Morgan fingerprint density at radius 2 is 1.64 bits per heavy atom. The van der Waals surface area contributed by atoms with E-state index in [4.69, 9.17) is 4.74 Å². The van der Waals surface area contributed by atoms with Gasteiger partial charge in [-0.05, 0) is 69.3 Å². The molecule has 1 N–H and O–H groups in total. The maximum atomic E-state index is 12.6. The van der Waals surface area contributed by atoms with E-state index in [1.165, 1.54) is 31.2 Å². The van der Waals surface area contributed by atoms with Gasteiger partial charge in [0.05, 0.1) is 10.6 Å². The van der Waals surface area contributed by atoms with Crippen LogP contribution in [-0.4, -0.2) is 34.2 Å². The molecule has 0 unspecified atom stereocenters. The van der Waals surface area contributed by atoms with Crippen molar-refractivity contribution in [3.63, 3.8) is 0 Å². The summed E-state index contributed by atoms with van der Waals surface area (Å²) in [5, 5.41) is 12.6. The van der Waals surface area contributed by atoms with Crippen molar-refractivity contribution in [3.05, 3.63) is 83.7 Å². The van der Waals surface area contributed by atoms with E-state index in [9.17, 15) is 13.2 Å². The molecule has 0 saturated heterocycles. The molecule has 2 heterocycles. The summed E-state index contributed by atoms with van der Waals surface area (Å²) in [4.78, 5) is 11.4. The van der Waals surface area contributed by atoms with Crippen LogP contribution >= 0.6 is 0 Å². The molecule has 0 aliphatic carbocycles. The van der Waals surface area contributed by atoms with Crippen LogP contribution in [0.5, 0.6) is 11.6 Å². The molecule has 0 amide bonds. The summed E-state index contributed by atoms with van der Waals surface area (Å²) in [7, 11) is -3.79. The molecule has 0 bridgehead atoms. The maximum Gasteiger partial charge on any atom is 0.261 e. The van der Waals surface area contributed by atoms with Crippen molar-refractivity contribution in [3.8, 4) is 17.4 Å². The summed E-state index contributed by atoms with van der Waals surface area (Å²) < 4.78 is 35.1. The van der Waals surface area contributed by atoms with E-state index in [1.807, 2.05) is 19.9 Å². The second-order valence-electron chi connectivity index (χ2n) is 7.38. The van der Waals surface area contributed by atoms with Gasteiger partial charge in [-0.25, -0.2) is 13.1 Å². The largest absolute Gasteiger partial charge is 0.438 e. The van der Waals surface area contributed by atoms with Crippen LogP contribution in [0.3, 0.4) is 0 Å². The van der Waals surface area contributed by atoms with Gasteiger partial charge in [0, 0.05) is 23.0 Å². The number of nitrogens with one attached hydrogen (secondary N) is 1. The standard InChI is InChI=1S/C23H21N5O4S/c1-15-14-16(2)28(26-15)22-12-13-23(25-24-22)32-20-8-6-19(7-9-20)27-33(30,31)21-10-4-18(5-11-21)17(3)29/h4-14,27H,1-3H3. The van der Waals surface area contributed by atoms with Crippen LogP contribution in [0, 0.1) is 13.8 Å². The Balaban J connectivity index is 1.43. The number of anilines is 1. The Hall–Kier alpha value is -4.05. The fourth-order valence-electron chi connectivity index (χ4n) is 3.14. The minimum absolute atomic E-state index is 0.0609. The number of aryl methyl sites for hydroxylation is 2. The maximum absolute atomic E-state index is 12.6. The number of rotatable bonds is 7. The zero-order valence-electron chi connectivity index (χ0n) is 18.2. The highest BCUT2D eigenvalue weighted by molar-refractivity contribution is 7.92. The van der Waals surface area contributed by atoms with Crippen LogP contribution < -0.4 is 9.46 Å². The lowest BCUT2D eigenvalue weighted by molar-refractivity contribution is 0.101. The van der Waals surface area contributed by atoms with Crippen molar-refractivity contribution in [2.24, 2.45) is 0 Å². The number of hydrogen-bond donors (Lipinski definition) is 1. The summed E-state index contributed by atoms with van der Waals surface area (Å²) in [6.45, 7) is 5.26. The molecule has 2 aromatic heterocycles. The van der Waals surface area contributed by atoms with E-state index >= 15 is 0 Å². The summed E-state index contributed by atoms with van der Waals surface area (Å²) in [5.41, 5.74) is 2.65. The van der Waals surface area contributed by atoms with Gasteiger partial charge in [0.15, 0.2) is 11.6 Å². The Morgan fingerprint density at radius 1 is 0.939 bits per heavy atom. The minimum Gasteiger partial charge on any atom is -0.438 e. The molecule has 0 fully saturated rings. The Morgan fingerprint density at radius 3 is 2.18 bits per heavy atom. The molecule has 4 aromatic rings. The van der Waals surface area contributed by atoms with Gasteiger partial charge in [0.25, 0.3) is 10.0 Å². The average Bonchev–Trinajstić information content (AvgIpc) is 3.13. The van der Waals surface area contributed by atoms with Crippen LogP contribution in [0.1, 0.15) is 28.7 Å². The van der Waals surface area contributed by atoms with E-state index in [0.29, 0.717) is 28.7 Å². The fraction of sp³-hybridized carbons (Fsp3) is 0.130. The lowest BCUT2D eigenvalue weighted by Gasteiger charge is -2.10. The predicted molar refractivity (Wildman–Crippen MR) is 122 cm³/mol. The van der Waals surface area contributed by atoms with Crippen LogP contribution in [0.4, 0.5) is 5.69 Å². The minimum atomic E-state index is -3.79. The van der Waals surface area contributed by atoms with E-state index in [2.05, 4.69) is 20.0 Å². The first-order valence-electron chi connectivity index (χ1n) is 10.0. The van der Waals surface area contributed by atoms with Crippen molar-refractivity contribution in [2.45, 2.75) is 25.7 Å². The number of nitrogens with zero attached hydrogens (tertiary/aromatic N) is 4. The zero-order valence-corrected chi connectivity index (χ0v) is 19.0. The fourth-order valence-corrected chi connectivity index (χ4v) is 4.19. The van der Waals surface area contributed by atoms with Gasteiger partial charge in [-0.2, -0.15) is 5.10 Å². The highest BCUT2D eigenvalue weighted by atomic mass is 32.2. The third kappa shape index (κ3) is 5.07. The molecule has 0 atom stereocenters. The van der Waals surface area contributed by atoms with Gasteiger partial charge in [-0.1, -0.05) is 12.1 Å². The second-order valence-corrected chi connectivity index (χ2v) is 9.06. The predicted octanol–water partition coefficient (Wildman–Crippen LogP) is 4.07. The summed E-state index contributed by atoms with van der Waals surface area (Å²) in [5.74, 6) is 1.21. The van der Waals surface area contributed by atoms with E-state index in [0.717, 1.165) is 11.4 Å². The molecule has 0 aliphatic heterocycles. The molecule has 10 heteroatoms. The Kier molecular flexibility index (Phi) is 5.93. The van der Waals surface area contributed by atoms with E-state index in [1.54, 1.807) is 41.1 Å². The lowest BCUT2D eigenvalue weighted by atomic mass is 10.2. The number of Topliss-reactive ketones (excluding diaryl/α,β-unsaturated/α-hetero) is 1. The Bertz CT molecular complexity index is 1390. The normalized spacial score (nSPS) is 11.2. The number of carbonyl (C=O) groups excluding carboxylic acids is 1. The van der Waals surface area contributed by atoms with Crippen molar-refractivity contribution in [2.75, 3.05) is 4.72 Å². The van der Waals surface area contributed by atoms with Gasteiger partial charge >= 0.3 is 0 Å². The lowest BCUT2D eigenvalue weighted by Crippen LogP contribution is -2.13. The molecule has 168 valence electrons. The molecule has 0 saturated carbocycles. The smallest absolute Gasteiger partial charge is 0.261 e. The molecule has 2 aromatic carbocycles. The molecule has 9 nitrogen and oxygen atoms in total. The SMILES string of the molecule is CC(=O)c1ccc(S(=O)(=O)Nc2ccc(Oc3ccc(-n4nc(C)cc4C)nn3)cc2)cc1. The molecular weight excluding hydrogens is 442 g/mol. The molecular formula is C23H21N5O4S. The third-order valence-corrected chi connectivity index (χ3v) is 6.15. The number of benzene rings is 2. The van der Waals surface area contributed by atoms with Crippen LogP contribution in [0.2, 0.25) is 0 Å². The summed E-state index contributed by atoms with van der Waals surface area (Å²) >= 11 is 0. The number of sulfonamides is 1. The molecule has 33 heavy (non-hydrogen) atoms. The van der Waals surface area contributed by atoms with E-state index < -0.39 is 10.0 Å². The quantitative estimate of drug-likeness (QED) is 0.411. The monoisotopic (exact) mass is 463 g/mol. The first-order valence-corrected chi connectivity index (χ1v) is 11.5. The second kappa shape index (κ2) is 8.83. The van der Waals surface area contributed by atoms with Crippen LogP contribution in [-0.2, 0) is 10.0 Å². The van der Waals surface area contributed by atoms with Crippen molar-refractivity contribution < 1.29 is 17.9 Å². The summed E-state index contributed by atoms with van der Waals surface area (Å²) in [6.07, 6.45) is 0. The van der Waals surface area contributed by atoms with Crippen LogP contribution in [0.25, 0.3) is 5.82 Å². The van der Waals surface area contributed by atoms with Gasteiger partial charge in [-0.15, -0.1) is 10.2 Å². The molecule has 0 radical (unpaired) electrons. The van der Waals surface area contributed by atoms with Crippen molar-refractivity contribution >= 4 is 21.5 Å². The van der Waals surface area contributed by atoms with Crippen molar-refractivity contribution in [1.29, 1.82) is 0 Å². The van der Waals surface area contributed by atoms with Gasteiger partial charge in [0.1, 0.15) is 5.75 Å². The van der Waals surface area contributed by atoms with Gasteiger partial charge in [0.2, 0.25) is 5.88 Å². The number of aromatic nitrogens is 4. The number of hydrogen-bond acceptors (Lipinski definition) is 7. The van der Waals surface area contributed by atoms with Crippen molar-refractivity contribution in [1.82, 2.24) is 20.0 Å². The van der Waals surface area contributed by atoms with E-state index in [-0.39, 0.29) is 10.7 Å². The molecule has 0 spiro atoms. The third-order valence-electron chi connectivity index (χ3n) is 4.75. The van der Waals surface area contributed by atoms with Gasteiger partial charge < -0.3 is 4.74 Å². The molecule has 4 rings (SSSR count). The first-order chi connectivity index (χ1) is 15.7. The van der Waals surface area contributed by atoms with Gasteiger partial charge in [-0.3, -0.25) is 9.52 Å². The average molecular weight is 464 g/mol. The van der Waals surface area contributed by atoms with Crippen LogP contribution in [0.15, 0.2) is 71.6 Å². The number of carbonyl (C=O) groups is 1.